The molecule has 1 atom stereocenters. The zero-order chi connectivity index (χ0) is 12.7. The largest absolute Gasteiger partial charge is 0.310 e. The number of hydrogen-bond donors (Lipinski definition) is 1. The van der Waals surface area contributed by atoms with Crippen LogP contribution >= 0.6 is 11.6 Å². The first-order valence-electron chi connectivity index (χ1n) is 6.30. The molecule has 0 fully saturated rings. The van der Waals surface area contributed by atoms with E-state index in [2.05, 4.69) is 31.8 Å². The summed E-state index contributed by atoms with van der Waals surface area (Å²) in [5.41, 5.74) is 2.52. The standard InChI is InChI=1S/C15H22ClN/c1-4-6-7-11-15(17-5-2)13-9-8-10-14(16)12(13)3/h4,8-10,15,17H,1,5-7,11H2,2-3H3. The van der Waals surface area contributed by atoms with Crippen molar-refractivity contribution in [3.05, 3.63) is 47.0 Å². The summed E-state index contributed by atoms with van der Waals surface area (Å²) in [4.78, 5) is 0. The van der Waals surface area contributed by atoms with Crippen molar-refractivity contribution in [2.75, 3.05) is 6.54 Å². The van der Waals surface area contributed by atoms with Crippen molar-refractivity contribution < 1.29 is 0 Å². The number of hydrogen-bond acceptors (Lipinski definition) is 1. The molecule has 0 amide bonds. The highest BCUT2D eigenvalue weighted by molar-refractivity contribution is 6.31. The number of unbranched alkanes of at least 4 members (excludes halogenated alkanes) is 1. The van der Waals surface area contributed by atoms with Crippen molar-refractivity contribution in [3.8, 4) is 0 Å². The predicted octanol–water partition coefficient (Wildman–Crippen LogP) is 4.66. The van der Waals surface area contributed by atoms with Gasteiger partial charge in [-0.25, -0.2) is 0 Å². The van der Waals surface area contributed by atoms with Gasteiger partial charge in [0.25, 0.3) is 0 Å². The van der Waals surface area contributed by atoms with Gasteiger partial charge in [-0.15, -0.1) is 6.58 Å². The molecule has 1 nitrogen and oxygen atoms in total. The minimum Gasteiger partial charge on any atom is -0.310 e. The van der Waals surface area contributed by atoms with Crippen molar-refractivity contribution in [2.24, 2.45) is 0 Å². The van der Waals surface area contributed by atoms with Gasteiger partial charge in [0.2, 0.25) is 0 Å². The van der Waals surface area contributed by atoms with E-state index in [9.17, 15) is 0 Å². The van der Waals surface area contributed by atoms with Gasteiger partial charge < -0.3 is 5.32 Å². The summed E-state index contributed by atoms with van der Waals surface area (Å²) in [6.45, 7) is 8.98. The Morgan fingerprint density at radius 3 is 2.88 bits per heavy atom. The molecule has 1 aromatic carbocycles. The topological polar surface area (TPSA) is 12.0 Å². The van der Waals surface area contributed by atoms with Crippen molar-refractivity contribution in [2.45, 2.75) is 39.2 Å². The Morgan fingerprint density at radius 2 is 2.24 bits per heavy atom. The molecule has 0 bridgehead atoms. The van der Waals surface area contributed by atoms with Gasteiger partial charge in [0.1, 0.15) is 0 Å². The zero-order valence-corrected chi connectivity index (χ0v) is 11.6. The van der Waals surface area contributed by atoms with E-state index < -0.39 is 0 Å². The fourth-order valence-corrected chi connectivity index (χ4v) is 2.26. The minimum absolute atomic E-state index is 0.402. The Hall–Kier alpha value is -0.790. The zero-order valence-electron chi connectivity index (χ0n) is 10.8. The van der Waals surface area contributed by atoms with Crippen LogP contribution in [-0.2, 0) is 0 Å². The minimum atomic E-state index is 0.402. The van der Waals surface area contributed by atoms with Crippen LogP contribution in [-0.4, -0.2) is 6.54 Å². The molecular formula is C15H22ClN. The third-order valence-corrected chi connectivity index (χ3v) is 3.45. The van der Waals surface area contributed by atoms with Crippen LogP contribution in [0.5, 0.6) is 0 Å². The van der Waals surface area contributed by atoms with Crippen molar-refractivity contribution in [3.63, 3.8) is 0 Å². The predicted molar refractivity (Wildman–Crippen MR) is 76.7 cm³/mol. The Bertz CT molecular complexity index is 360. The van der Waals surface area contributed by atoms with E-state index in [1.54, 1.807) is 0 Å². The number of halogens is 1. The average Bonchev–Trinajstić information content (AvgIpc) is 2.32. The summed E-state index contributed by atoms with van der Waals surface area (Å²) in [5, 5.41) is 4.39. The van der Waals surface area contributed by atoms with E-state index in [0.29, 0.717) is 6.04 Å². The maximum atomic E-state index is 6.18. The van der Waals surface area contributed by atoms with Gasteiger partial charge in [-0.1, -0.05) is 36.7 Å². The first-order chi connectivity index (χ1) is 8.20. The molecule has 0 aliphatic rings. The van der Waals surface area contributed by atoms with Crippen LogP contribution in [0.15, 0.2) is 30.9 Å². The van der Waals surface area contributed by atoms with Crippen LogP contribution in [0.4, 0.5) is 0 Å². The number of nitrogens with one attached hydrogen (secondary N) is 1. The summed E-state index contributed by atoms with van der Waals surface area (Å²) >= 11 is 6.18. The van der Waals surface area contributed by atoms with Gasteiger partial charge >= 0.3 is 0 Å². The molecule has 2 heteroatoms. The van der Waals surface area contributed by atoms with E-state index in [1.165, 1.54) is 11.1 Å². The molecule has 0 heterocycles. The van der Waals surface area contributed by atoms with E-state index in [-0.39, 0.29) is 0 Å². The molecule has 1 aromatic rings. The Labute approximate surface area is 110 Å². The average molecular weight is 252 g/mol. The second-order valence-electron chi connectivity index (χ2n) is 4.28. The second kappa shape index (κ2) is 7.52. The van der Waals surface area contributed by atoms with Crippen LogP contribution < -0.4 is 5.32 Å². The summed E-state index contributed by atoms with van der Waals surface area (Å²) in [6, 6.07) is 6.55. The van der Waals surface area contributed by atoms with Gasteiger partial charge in [0.05, 0.1) is 0 Å². The quantitative estimate of drug-likeness (QED) is 0.549. The number of rotatable bonds is 7. The first kappa shape index (κ1) is 14.3. The monoisotopic (exact) mass is 251 g/mol. The van der Waals surface area contributed by atoms with Gasteiger partial charge in [0, 0.05) is 11.1 Å². The summed E-state index contributed by atoms with van der Waals surface area (Å²) in [7, 11) is 0. The summed E-state index contributed by atoms with van der Waals surface area (Å²) < 4.78 is 0. The van der Waals surface area contributed by atoms with Crippen LogP contribution in [0.3, 0.4) is 0 Å². The lowest BCUT2D eigenvalue weighted by atomic mass is 9.96. The Kier molecular flexibility index (Phi) is 6.31. The van der Waals surface area contributed by atoms with E-state index in [4.69, 9.17) is 11.6 Å². The van der Waals surface area contributed by atoms with Gasteiger partial charge in [-0.2, -0.15) is 0 Å². The lowest BCUT2D eigenvalue weighted by molar-refractivity contribution is 0.498. The van der Waals surface area contributed by atoms with E-state index in [0.717, 1.165) is 30.8 Å². The highest BCUT2D eigenvalue weighted by Gasteiger charge is 2.13. The first-order valence-corrected chi connectivity index (χ1v) is 6.67. The highest BCUT2D eigenvalue weighted by atomic mass is 35.5. The lowest BCUT2D eigenvalue weighted by Gasteiger charge is -2.20. The third kappa shape index (κ3) is 4.18. The molecule has 0 saturated heterocycles. The summed E-state index contributed by atoms with van der Waals surface area (Å²) in [6.07, 6.45) is 5.34. The van der Waals surface area contributed by atoms with E-state index in [1.807, 2.05) is 18.2 Å². The van der Waals surface area contributed by atoms with Gasteiger partial charge in [0.15, 0.2) is 0 Å². The fourth-order valence-electron chi connectivity index (χ4n) is 2.08. The summed E-state index contributed by atoms with van der Waals surface area (Å²) in [5.74, 6) is 0. The van der Waals surface area contributed by atoms with Crippen LogP contribution in [0, 0.1) is 6.92 Å². The normalized spacial score (nSPS) is 12.4. The maximum Gasteiger partial charge on any atom is 0.0438 e. The van der Waals surface area contributed by atoms with Crippen LogP contribution in [0.2, 0.25) is 5.02 Å². The molecule has 0 aliphatic heterocycles. The Balaban J connectivity index is 2.81. The molecular weight excluding hydrogens is 230 g/mol. The molecule has 1 unspecified atom stereocenters. The van der Waals surface area contributed by atoms with Gasteiger partial charge in [-0.05, 0) is 49.9 Å². The van der Waals surface area contributed by atoms with Gasteiger partial charge in [-0.3, -0.25) is 0 Å². The van der Waals surface area contributed by atoms with Crippen LogP contribution in [0.1, 0.15) is 43.4 Å². The molecule has 0 spiro atoms. The third-order valence-electron chi connectivity index (χ3n) is 3.04. The molecule has 17 heavy (non-hydrogen) atoms. The lowest BCUT2D eigenvalue weighted by Crippen LogP contribution is -2.21. The SMILES string of the molecule is C=CCCCC(NCC)c1cccc(Cl)c1C. The van der Waals surface area contributed by atoms with Crippen molar-refractivity contribution in [1.29, 1.82) is 0 Å². The number of benzene rings is 1. The second-order valence-corrected chi connectivity index (χ2v) is 4.69. The van der Waals surface area contributed by atoms with Crippen molar-refractivity contribution in [1.82, 2.24) is 5.32 Å². The maximum absolute atomic E-state index is 6.18. The molecule has 0 aliphatic carbocycles. The molecule has 0 saturated carbocycles. The molecule has 0 aromatic heterocycles. The van der Waals surface area contributed by atoms with E-state index >= 15 is 0 Å². The molecule has 1 rings (SSSR count). The van der Waals surface area contributed by atoms with Crippen LogP contribution in [0.25, 0.3) is 0 Å². The van der Waals surface area contributed by atoms with Crippen molar-refractivity contribution >= 4 is 11.6 Å². The number of allylic oxidation sites excluding steroid dienone is 1. The molecule has 1 N–H and O–H groups in total. The fraction of sp³-hybridized carbons (Fsp3) is 0.467. The molecule has 0 radical (unpaired) electrons. The smallest absolute Gasteiger partial charge is 0.0438 e. The molecule has 94 valence electrons. The Morgan fingerprint density at radius 1 is 1.47 bits per heavy atom. The highest BCUT2D eigenvalue weighted by Crippen LogP contribution is 2.27.